The van der Waals surface area contributed by atoms with E-state index in [0.29, 0.717) is 11.1 Å². The Kier molecular flexibility index (Phi) is 4.03. The van der Waals surface area contributed by atoms with E-state index in [4.69, 9.17) is 0 Å². The van der Waals surface area contributed by atoms with E-state index < -0.39 is 0 Å². The third-order valence-corrected chi connectivity index (χ3v) is 3.45. The molecule has 0 amide bonds. The quantitative estimate of drug-likeness (QED) is 0.441. The molecule has 0 fully saturated rings. The van der Waals surface area contributed by atoms with Gasteiger partial charge in [-0.2, -0.15) is 0 Å². The monoisotopic (exact) mass is 324 g/mol. The first-order chi connectivity index (χ1) is 11.5. The second-order valence-electron chi connectivity index (χ2n) is 5.25. The van der Waals surface area contributed by atoms with Gasteiger partial charge >= 0.3 is 0 Å². The molecule has 0 aliphatic rings. The van der Waals surface area contributed by atoms with Gasteiger partial charge in [-0.15, -0.1) is 0 Å². The van der Waals surface area contributed by atoms with Crippen molar-refractivity contribution in [3.8, 4) is 23.5 Å². The zero-order valence-electron chi connectivity index (χ0n) is 12.6. The highest BCUT2D eigenvalue weighted by molar-refractivity contribution is 5.76. The van der Waals surface area contributed by atoms with Gasteiger partial charge in [0.15, 0.2) is 23.5 Å². The molecule has 6 N–H and O–H groups in total. The zero-order chi connectivity index (χ0) is 17.1. The van der Waals surface area contributed by atoms with Crippen LogP contribution in [0.25, 0.3) is 24.3 Å². The van der Waals surface area contributed by atoms with E-state index in [2.05, 4.69) is 9.97 Å². The molecule has 0 aliphatic heterocycles. The minimum absolute atomic E-state index is 0.0949. The summed E-state index contributed by atoms with van der Waals surface area (Å²) in [6.07, 6.45) is 6.98. The summed E-state index contributed by atoms with van der Waals surface area (Å²) >= 11 is 0. The van der Waals surface area contributed by atoms with Crippen molar-refractivity contribution in [2.75, 3.05) is 0 Å². The maximum Gasteiger partial charge on any atom is 0.198 e. The van der Waals surface area contributed by atoms with Crippen molar-refractivity contribution in [3.63, 3.8) is 0 Å². The number of aromatic hydroxyl groups is 4. The van der Waals surface area contributed by atoms with Crippen LogP contribution in [-0.4, -0.2) is 30.4 Å². The van der Waals surface area contributed by atoms with E-state index in [-0.39, 0.29) is 23.5 Å². The number of nitrogens with one attached hydrogen (secondary N) is 2. The lowest BCUT2D eigenvalue weighted by Crippen LogP contribution is -1.76. The number of hydrogen-bond acceptors (Lipinski definition) is 4. The van der Waals surface area contributed by atoms with E-state index in [1.165, 1.54) is 12.1 Å². The number of hydrogen-bond donors (Lipinski definition) is 6. The van der Waals surface area contributed by atoms with Crippen LogP contribution in [0, 0.1) is 0 Å². The van der Waals surface area contributed by atoms with Crippen LogP contribution in [0.4, 0.5) is 0 Å². The fourth-order valence-electron chi connectivity index (χ4n) is 2.28. The Bertz CT molecular complexity index is 847. The first-order valence-electron chi connectivity index (χ1n) is 7.19. The molecule has 6 nitrogen and oxygen atoms in total. The zero-order valence-corrected chi connectivity index (χ0v) is 12.6. The van der Waals surface area contributed by atoms with Gasteiger partial charge in [0, 0.05) is 23.3 Å². The summed E-state index contributed by atoms with van der Waals surface area (Å²) < 4.78 is 0. The maximum atomic E-state index is 9.58. The van der Waals surface area contributed by atoms with Gasteiger partial charge in [0.05, 0.1) is 0 Å². The molecule has 6 heteroatoms. The topological polar surface area (TPSA) is 112 Å². The van der Waals surface area contributed by atoms with Crippen molar-refractivity contribution < 1.29 is 20.4 Å². The maximum absolute atomic E-state index is 9.58. The molecule has 2 aromatic heterocycles. The summed E-state index contributed by atoms with van der Waals surface area (Å²) in [7, 11) is 0. The molecule has 0 atom stereocenters. The van der Waals surface area contributed by atoms with Crippen molar-refractivity contribution >= 4 is 24.3 Å². The fraction of sp³-hybridized carbons (Fsp3) is 0. The summed E-state index contributed by atoms with van der Waals surface area (Å²) in [5.41, 5.74) is 2.78. The average molecular weight is 324 g/mol. The van der Waals surface area contributed by atoms with Gasteiger partial charge in [-0.25, -0.2) is 0 Å². The minimum atomic E-state index is -0.0987. The molecular formula is C18H16N2O4. The number of aromatic amines is 2. The molecule has 2 heterocycles. The largest absolute Gasteiger partial charge is 0.494 e. The Morgan fingerprint density at radius 3 is 1.46 bits per heavy atom. The second kappa shape index (κ2) is 6.29. The Balaban J connectivity index is 1.79. The van der Waals surface area contributed by atoms with Crippen LogP contribution >= 0.6 is 0 Å². The third-order valence-electron chi connectivity index (χ3n) is 3.45. The Morgan fingerprint density at radius 1 is 0.625 bits per heavy atom. The van der Waals surface area contributed by atoms with E-state index in [0.717, 1.165) is 11.1 Å². The molecule has 1 aromatic carbocycles. The predicted molar refractivity (Wildman–Crippen MR) is 92.5 cm³/mol. The fourth-order valence-corrected chi connectivity index (χ4v) is 2.28. The van der Waals surface area contributed by atoms with Gasteiger partial charge < -0.3 is 20.4 Å². The molecule has 0 saturated carbocycles. The average Bonchev–Trinajstić information content (AvgIpc) is 3.04. The van der Waals surface area contributed by atoms with Gasteiger partial charge in [-0.05, 0) is 29.3 Å². The summed E-state index contributed by atoms with van der Waals surface area (Å²) in [6, 6.07) is 10.4. The van der Waals surface area contributed by atoms with Gasteiger partial charge in [-0.3, -0.25) is 9.97 Å². The van der Waals surface area contributed by atoms with Crippen LogP contribution in [0.3, 0.4) is 0 Å². The van der Waals surface area contributed by atoms with Crippen LogP contribution in [0.15, 0.2) is 36.4 Å². The summed E-state index contributed by atoms with van der Waals surface area (Å²) in [5, 5.41) is 37.7. The van der Waals surface area contributed by atoms with Crippen LogP contribution in [-0.2, 0) is 0 Å². The summed E-state index contributed by atoms with van der Waals surface area (Å²) in [6.45, 7) is 0. The number of benzene rings is 1. The SMILES string of the molecule is Oc1cc(C=Cc2cccc(C=Cc3cc(O)[nH]c3O)c2)c(O)[nH]1. The summed E-state index contributed by atoms with van der Waals surface area (Å²) in [4.78, 5) is 4.81. The van der Waals surface area contributed by atoms with Crippen LogP contribution in [0.1, 0.15) is 22.3 Å². The number of H-pyrrole nitrogens is 2. The van der Waals surface area contributed by atoms with Gasteiger partial charge in [-0.1, -0.05) is 30.4 Å². The lowest BCUT2D eigenvalue weighted by molar-refractivity contribution is 0.424. The van der Waals surface area contributed by atoms with Gasteiger partial charge in [0.1, 0.15) is 0 Å². The molecule has 3 aromatic rings. The highest BCUT2D eigenvalue weighted by Gasteiger charge is 2.03. The molecule has 24 heavy (non-hydrogen) atoms. The predicted octanol–water partition coefficient (Wildman–Crippen LogP) is 3.51. The molecule has 0 radical (unpaired) electrons. The lowest BCUT2D eigenvalue weighted by atomic mass is 10.1. The Morgan fingerprint density at radius 2 is 1.08 bits per heavy atom. The van der Waals surface area contributed by atoms with E-state index in [1.54, 1.807) is 24.3 Å². The first kappa shape index (κ1) is 15.4. The minimum Gasteiger partial charge on any atom is -0.494 e. The molecule has 3 rings (SSSR count). The Hall–Kier alpha value is -3.54. The first-order valence-corrected chi connectivity index (χ1v) is 7.19. The molecule has 0 aliphatic carbocycles. The number of rotatable bonds is 4. The lowest BCUT2D eigenvalue weighted by Gasteiger charge is -1.97. The standard InChI is InChI=1S/C18H16N2O4/c21-15-9-13(17(23)19-15)6-4-11-2-1-3-12(8-11)5-7-14-10-16(22)20-18(14)24/h1-10,19-24H. The normalized spacial score (nSPS) is 11.7. The van der Waals surface area contributed by atoms with Crippen molar-refractivity contribution in [1.82, 2.24) is 9.97 Å². The van der Waals surface area contributed by atoms with Crippen LogP contribution in [0.5, 0.6) is 23.5 Å². The van der Waals surface area contributed by atoms with Gasteiger partial charge in [0.25, 0.3) is 0 Å². The van der Waals surface area contributed by atoms with Crippen molar-refractivity contribution in [3.05, 3.63) is 58.7 Å². The highest BCUT2D eigenvalue weighted by Crippen LogP contribution is 2.25. The summed E-state index contributed by atoms with van der Waals surface area (Å²) in [5.74, 6) is -0.387. The van der Waals surface area contributed by atoms with Crippen molar-refractivity contribution in [1.29, 1.82) is 0 Å². The van der Waals surface area contributed by atoms with Gasteiger partial charge in [0.2, 0.25) is 0 Å². The molecule has 0 bridgehead atoms. The van der Waals surface area contributed by atoms with Crippen LogP contribution in [0.2, 0.25) is 0 Å². The highest BCUT2D eigenvalue weighted by atomic mass is 16.3. The number of aromatic nitrogens is 2. The van der Waals surface area contributed by atoms with E-state index in [1.807, 2.05) is 24.3 Å². The van der Waals surface area contributed by atoms with Crippen molar-refractivity contribution in [2.24, 2.45) is 0 Å². The van der Waals surface area contributed by atoms with Crippen LogP contribution < -0.4 is 0 Å². The molecule has 0 unspecified atom stereocenters. The van der Waals surface area contributed by atoms with E-state index >= 15 is 0 Å². The third kappa shape index (κ3) is 3.44. The van der Waals surface area contributed by atoms with E-state index in [9.17, 15) is 20.4 Å². The van der Waals surface area contributed by atoms with Crippen molar-refractivity contribution in [2.45, 2.75) is 0 Å². The smallest absolute Gasteiger partial charge is 0.198 e. The molecule has 0 saturated heterocycles. The molecular weight excluding hydrogens is 308 g/mol. The molecule has 122 valence electrons. The molecule has 0 spiro atoms. The Labute approximate surface area is 137 Å². The second-order valence-corrected chi connectivity index (χ2v) is 5.25.